The Balaban J connectivity index is 1.60. The zero-order valence-electron chi connectivity index (χ0n) is 16.8. The normalized spacial score (nSPS) is 45.6. The predicted octanol–water partition coefficient (Wildman–Crippen LogP) is 4.37. The van der Waals surface area contributed by atoms with Crippen LogP contribution in [-0.2, 0) is 4.79 Å². The smallest absolute Gasteiger partial charge is 0.217 e. The summed E-state index contributed by atoms with van der Waals surface area (Å²) in [6.07, 6.45) is 12.7. The summed E-state index contributed by atoms with van der Waals surface area (Å²) in [6.45, 7) is 8.70. The zero-order chi connectivity index (χ0) is 18.7. The number of amides is 1. The lowest BCUT2D eigenvalue weighted by Gasteiger charge is -2.58. The second kappa shape index (κ2) is 6.22. The Kier molecular flexibility index (Phi) is 4.38. The molecule has 0 aromatic rings. The Morgan fingerprint density at radius 2 is 1.88 bits per heavy atom. The van der Waals surface area contributed by atoms with E-state index in [0.717, 1.165) is 31.1 Å². The van der Waals surface area contributed by atoms with Crippen LogP contribution in [0.3, 0.4) is 0 Å². The average molecular weight is 358 g/mol. The molecule has 4 rings (SSSR count). The predicted molar refractivity (Wildman–Crippen MR) is 104 cm³/mol. The van der Waals surface area contributed by atoms with Crippen LogP contribution in [0.5, 0.6) is 0 Å². The topological polar surface area (TPSA) is 49.3 Å². The maximum absolute atomic E-state index is 11.6. The molecule has 2 N–H and O–H groups in total. The van der Waals surface area contributed by atoms with Crippen molar-refractivity contribution < 1.29 is 9.90 Å². The van der Waals surface area contributed by atoms with E-state index in [2.05, 4.69) is 38.2 Å². The van der Waals surface area contributed by atoms with Crippen LogP contribution in [0.15, 0.2) is 23.3 Å². The van der Waals surface area contributed by atoms with Gasteiger partial charge in [0.2, 0.25) is 5.91 Å². The molecule has 0 heterocycles. The SMILES string of the molecule is CC(=O)NC(C)C1=CC[C@H]2[C@@H]3CC=C4C[C@@H](O)CC[C@]4(C)[C@H]3CC[C@]12C. The molecule has 2 saturated carbocycles. The fourth-order valence-electron chi connectivity index (χ4n) is 7.30. The lowest BCUT2D eigenvalue weighted by molar-refractivity contribution is -0.119. The summed E-state index contributed by atoms with van der Waals surface area (Å²) in [4.78, 5) is 11.6. The van der Waals surface area contributed by atoms with Gasteiger partial charge in [-0.25, -0.2) is 0 Å². The molecule has 2 fully saturated rings. The highest BCUT2D eigenvalue weighted by Gasteiger charge is 2.57. The second-order valence-electron chi connectivity index (χ2n) is 9.93. The highest BCUT2D eigenvalue weighted by atomic mass is 16.3. The first-order valence-electron chi connectivity index (χ1n) is 10.6. The highest BCUT2D eigenvalue weighted by molar-refractivity contribution is 5.73. The number of hydrogen-bond donors (Lipinski definition) is 2. The number of fused-ring (bicyclic) bond motifs is 5. The third-order valence-corrected chi connectivity index (χ3v) is 8.60. The van der Waals surface area contributed by atoms with Gasteiger partial charge in [0, 0.05) is 13.0 Å². The Labute approximate surface area is 158 Å². The summed E-state index contributed by atoms with van der Waals surface area (Å²) < 4.78 is 0. The lowest BCUT2D eigenvalue weighted by Crippen LogP contribution is -2.51. The van der Waals surface area contributed by atoms with Gasteiger partial charge in [-0.1, -0.05) is 31.6 Å². The Hall–Kier alpha value is -1.09. The van der Waals surface area contributed by atoms with E-state index in [-0.39, 0.29) is 23.5 Å². The number of carbonyl (C=O) groups is 1. The third-order valence-electron chi connectivity index (χ3n) is 8.60. The van der Waals surface area contributed by atoms with Crippen molar-refractivity contribution in [2.75, 3.05) is 0 Å². The van der Waals surface area contributed by atoms with Crippen molar-refractivity contribution in [3.05, 3.63) is 23.3 Å². The second-order valence-corrected chi connectivity index (χ2v) is 9.93. The molecule has 1 amide bonds. The number of hydrogen-bond acceptors (Lipinski definition) is 2. The van der Waals surface area contributed by atoms with E-state index in [9.17, 15) is 9.90 Å². The fourth-order valence-corrected chi connectivity index (χ4v) is 7.30. The van der Waals surface area contributed by atoms with Gasteiger partial charge in [0.25, 0.3) is 0 Å². The van der Waals surface area contributed by atoms with E-state index < -0.39 is 0 Å². The Morgan fingerprint density at radius 1 is 1.15 bits per heavy atom. The summed E-state index contributed by atoms with van der Waals surface area (Å²) in [6, 6.07) is 0.147. The molecule has 3 nitrogen and oxygen atoms in total. The third kappa shape index (κ3) is 2.61. The van der Waals surface area contributed by atoms with Crippen molar-refractivity contribution in [3.63, 3.8) is 0 Å². The maximum Gasteiger partial charge on any atom is 0.217 e. The van der Waals surface area contributed by atoms with Crippen molar-refractivity contribution in [3.8, 4) is 0 Å². The number of aliphatic hydroxyl groups is 1. The van der Waals surface area contributed by atoms with Gasteiger partial charge in [-0.15, -0.1) is 0 Å². The summed E-state index contributed by atoms with van der Waals surface area (Å²) in [5, 5.41) is 13.3. The minimum Gasteiger partial charge on any atom is -0.393 e. The largest absolute Gasteiger partial charge is 0.393 e. The molecule has 0 bridgehead atoms. The Bertz CT molecular complexity index is 665. The minimum atomic E-state index is -0.127. The van der Waals surface area contributed by atoms with Crippen LogP contribution in [0.25, 0.3) is 0 Å². The molecule has 0 saturated heterocycles. The van der Waals surface area contributed by atoms with Crippen molar-refractivity contribution in [1.29, 1.82) is 0 Å². The molecule has 26 heavy (non-hydrogen) atoms. The first-order valence-corrected chi connectivity index (χ1v) is 10.6. The van der Waals surface area contributed by atoms with E-state index in [1.54, 1.807) is 12.5 Å². The van der Waals surface area contributed by atoms with Gasteiger partial charge in [-0.05, 0) is 86.0 Å². The molecule has 1 unspecified atom stereocenters. The monoisotopic (exact) mass is 357 g/mol. The average Bonchev–Trinajstić information content (AvgIpc) is 2.92. The van der Waals surface area contributed by atoms with Crippen molar-refractivity contribution in [1.82, 2.24) is 5.32 Å². The van der Waals surface area contributed by atoms with E-state index in [1.165, 1.54) is 31.3 Å². The van der Waals surface area contributed by atoms with Crippen molar-refractivity contribution >= 4 is 5.91 Å². The van der Waals surface area contributed by atoms with Crippen LogP contribution < -0.4 is 5.32 Å². The highest BCUT2D eigenvalue weighted by Crippen LogP contribution is 2.65. The molecule has 0 radical (unpaired) electrons. The standard InChI is InChI=1S/C23H35NO2/c1-14(24-15(2)25)19-7-8-20-18-6-5-16-13-17(26)9-11-22(16,3)21(18)10-12-23(19,20)4/h5,7,14,17-18,20-21,26H,6,8-13H2,1-4H3,(H,24,25)/t14?,17-,18-,20-,21-,22-,23+/m0/s1. The van der Waals surface area contributed by atoms with Crippen LogP contribution in [0.2, 0.25) is 0 Å². The number of allylic oxidation sites excluding steroid dienone is 2. The first kappa shape index (κ1) is 18.3. The van der Waals surface area contributed by atoms with Gasteiger partial charge in [-0.3, -0.25) is 4.79 Å². The summed E-state index contributed by atoms with van der Waals surface area (Å²) in [5.74, 6) is 2.28. The molecule has 3 heteroatoms. The van der Waals surface area contributed by atoms with Crippen molar-refractivity contribution in [2.45, 2.75) is 84.8 Å². The van der Waals surface area contributed by atoms with Gasteiger partial charge < -0.3 is 10.4 Å². The molecule has 0 spiro atoms. The van der Waals surface area contributed by atoms with E-state index in [0.29, 0.717) is 11.3 Å². The molecule has 4 aliphatic carbocycles. The molecule has 4 aliphatic rings. The van der Waals surface area contributed by atoms with Gasteiger partial charge >= 0.3 is 0 Å². The van der Waals surface area contributed by atoms with Crippen LogP contribution in [0, 0.1) is 28.6 Å². The van der Waals surface area contributed by atoms with Crippen LogP contribution in [0.4, 0.5) is 0 Å². The van der Waals surface area contributed by atoms with Crippen molar-refractivity contribution in [2.24, 2.45) is 28.6 Å². The molecule has 7 atom stereocenters. The maximum atomic E-state index is 11.6. The summed E-state index contributed by atoms with van der Waals surface area (Å²) in [5.41, 5.74) is 3.54. The van der Waals surface area contributed by atoms with Crippen LogP contribution in [-0.4, -0.2) is 23.2 Å². The van der Waals surface area contributed by atoms with Gasteiger partial charge in [-0.2, -0.15) is 0 Å². The molecule has 0 aromatic carbocycles. The van der Waals surface area contributed by atoms with E-state index in [4.69, 9.17) is 0 Å². The number of nitrogens with one attached hydrogen (secondary N) is 1. The fraction of sp³-hybridized carbons (Fsp3) is 0.783. The number of rotatable bonds is 2. The van der Waals surface area contributed by atoms with Crippen LogP contribution >= 0.6 is 0 Å². The summed E-state index contributed by atoms with van der Waals surface area (Å²) >= 11 is 0. The molecule has 144 valence electrons. The quantitative estimate of drug-likeness (QED) is 0.721. The van der Waals surface area contributed by atoms with Gasteiger partial charge in [0.1, 0.15) is 0 Å². The number of carbonyl (C=O) groups excluding carboxylic acids is 1. The Morgan fingerprint density at radius 3 is 2.62 bits per heavy atom. The zero-order valence-corrected chi connectivity index (χ0v) is 16.8. The number of aliphatic hydroxyl groups excluding tert-OH is 1. The minimum absolute atomic E-state index is 0.0673. The van der Waals surface area contributed by atoms with Crippen LogP contribution in [0.1, 0.15) is 72.6 Å². The summed E-state index contributed by atoms with van der Waals surface area (Å²) in [7, 11) is 0. The van der Waals surface area contributed by atoms with Gasteiger partial charge in [0.15, 0.2) is 0 Å². The molecule has 0 aliphatic heterocycles. The molecule has 0 aromatic heterocycles. The van der Waals surface area contributed by atoms with E-state index in [1.807, 2.05) is 0 Å². The first-order chi connectivity index (χ1) is 12.3. The van der Waals surface area contributed by atoms with Gasteiger partial charge in [0.05, 0.1) is 6.10 Å². The van der Waals surface area contributed by atoms with E-state index >= 15 is 0 Å². The lowest BCUT2D eigenvalue weighted by atomic mass is 9.47. The molecular formula is C23H35NO2. The molecular weight excluding hydrogens is 322 g/mol.